The van der Waals surface area contributed by atoms with E-state index >= 15 is 0 Å². The number of aromatic hydroxyl groups is 1. The van der Waals surface area contributed by atoms with Crippen molar-refractivity contribution in [2.24, 2.45) is 0 Å². The highest BCUT2D eigenvalue weighted by Gasteiger charge is 2.19. The number of aliphatic hydroxyl groups excluding tert-OH is 1. The van der Waals surface area contributed by atoms with Crippen molar-refractivity contribution in [2.75, 3.05) is 26.7 Å². The summed E-state index contributed by atoms with van der Waals surface area (Å²) in [5.41, 5.74) is 2.33. The number of hydrogen-bond donors (Lipinski definition) is 5. The zero-order chi connectivity index (χ0) is 23.6. The maximum atomic E-state index is 12.0. The molecule has 0 radical (unpaired) electrons. The number of ether oxygens (including phenoxy) is 1. The molecule has 3 aromatic carbocycles. The molecule has 0 aliphatic heterocycles. The van der Waals surface area contributed by atoms with Crippen molar-refractivity contribution in [3.05, 3.63) is 65.2 Å². The Bertz CT molecular complexity index is 1400. The third-order valence-electron chi connectivity index (χ3n) is 5.34. The summed E-state index contributed by atoms with van der Waals surface area (Å²) in [4.78, 5) is 3.07. The molecule has 0 saturated carbocycles. The second kappa shape index (κ2) is 9.58. The minimum atomic E-state index is -3.83. The standard InChI is InChI=1S/C23H24ClN3O5S/c1-25-33(30,31)23-10-14(2-7-21(23)28)22(29)13-26-8-9-32-16-4-5-17-18-11-15(24)3-6-19(18)27-20(17)12-16/h2-7,10-12,22,25-29H,8-9,13H2,1H3. The highest BCUT2D eigenvalue weighted by molar-refractivity contribution is 7.89. The number of halogens is 1. The number of H-pyrrole nitrogens is 1. The molecule has 0 spiro atoms. The summed E-state index contributed by atoms with van der Waals surface area (Å²) in [6.45, 7) is 1.03. The van der Waals surface area contributed by atoms with Crippen LogP contribution in [0.5, 0.6) is 11.5 Å². The number of fused-ring (bicyclic) bond motifs is 3. The van der Waals surface area contributed by atoms with E-state index in [4.69, 9.17) is 16.3 Å². The molecule has 33 heavy (non-hydrogen) atoms. The fourth-order valence-electron chi connectivity index (χ4n) is 3.61. The average Bonchev–Trinajstić information content (AvgIpc) is 3.15. The van der Waals surface area contributed by atoms with Crippen LogP contribution in [0.3, 0.4) is 0 Å². The van der Waals surface area contributed by atoms with Gasteiger partial charge < -0.3 is 25.3 Å². The van der Waals surface area contributed by atoms with Gasteiger partial charge in [-0.2, -0.15) is 0 Å². The van der Waals surface area contributed by atoms with Gasteiger partial charge in [0.25, 0.3) is 0 Å². The molecule has 1 aromatic heterocycles. The van der Waals surface area contributed by atoms with Crippen LogP contribution in [0.2, 0.25) is 5.02 Å². The summed E-state index contributed by atoms with van der Waals surface area (Å²) >= 11 is 6.10. The molecule has 0 aliphatic rings. The van der Waals surface area contributed by atoms with E-state index in [0.717, 1.165) is 21.8 Å². The fraction of sp³-hybridized carbons (Fsp3) is 0.217. The van der Waals surface area contributed by atoms with Gasteiger partial charge in [-0.15, -0.1) is 0 Å². The Hall–Kier alpha value is -2.82. The summed E-state index contributed by atoms with van der Waals surface area (Å²) in [5, 5.41) is 26.1. The number of sulfonamides is 1. The lowest BCUT2D eigenvalue weighted by Gasteiger charge is -2.14. The third-order valence-corrected chi connectivity index (χ3v) is 7.02. The second-order valence-corrected chi connectivity index (χ2v) is 9.82. The van der Waals surface area contributed by atoms with Crippen molar-refractivity contribution in [1.82, 2.24) is 15.0 Å². The number of hydrogen-bond acceptors (Lipinski definition) is 6. The molecular weight excluding hydrogens is 466 g/mol. The maximum Gasteiger partial charge on any atom is 0.243 e. The number of phenolic OH excluding ortho intramolecular Hbond substituents is 1. The Morgan fingerprint density at radius 2 is 1.88 bits per heavy atom. The van der Waals surface area contributed by atoms with Crippen molar-refractivity contribution in [1.29, 1.82) is 0 Å². The Kier molecular flexibility index (Phi) is 6.78. The van der Waals surface area contributed by atoms with Gasteiger partial charge in [0.2, 0.25) is 10.0 Å². The monoisotopic (exact) mass is 489 g/mol. The van der Waals surface area contributed by atoms with Gasteiger partial charge in [-0.25, -0.2) is 13.1 Å². The Morgan fingerprint density at radius 1 is 1.06 bits per heavy atom. The first-order valence-corrected chi connectivity index (χ1v) is 12.1. The summed E-state index contributed by atoms with van der Waals surface area (Å²) in [6.07, 6.45) is -0.953. The Balaban J connectivity index is 1.32. The first-order chi connectivity index (χ1) is 15.8. The third kappa shape index (κ3) is 5.07. The molecule has 0 bridgehead atoms. The fourth-order valence-corrected chi connectivity index (χ4v) is 4.63. The number of nitrogens with one attached hydrogen (secondary N) is 3. The van der Waals surface area contributed by atoms with Gasteiger partial charge in [0.05, 0.1) is 11.6 Å². The first kappa shape index (κ1) is 23.3. The lowest BCUT2D eigenvalue weighted by Crippen LogP contribution is -2.26. The highest BCUT2D eigenvalue weighted by Crippen LogP contribution is 2.30. The van der Waals surface area contributed by atoms with Gasteiger partial charge in [-0.05, 0) is 55.1 Å². The zero-order valence-corrected chi connectivity index (χ0v) is 19.4. The van der Waals surface area contributed by atoms with E-state index in [-0.39, 0.29) is 17.2 Å². The van der Waals surface area contributed by atoms with Crippen LogP contribution in [-0.2, 0) is 10.0 Å². The van der Waals surface area contributed by atoms with Crippen LogP contribution in [0.4, 0.5) is 0 Å². The number of aliphatic hydroxyl groups is 1. The molecule has 4 rings (SSSR count). The minimum Gasteiger partial charge on any atom is -0.507 e. The van der Waals surface area contributed by atoms with E-state index in [1.54, 1.807) is 0 Å². The summed E-state index contributed by atoms with van der Waals surface area (Å²) in [5.74, 6) is 0.333. The molecular formula is C23H24ClN3O5S. The normalized spacial score (nSPS) is 12.9. The smallest absolute Gasteiger partial charge is 0.243 e. The molecule has 5 N–H and O–H groups in total. The summed E-state index contributed by atoms with van der Waals surface area (Å²) in [7, 11) is -2.58. The van der Waals surface area contributed by atoms with E-state index in [1.807, 2.05) is 36.4 Å². The van der Waals surface area contributed by atoms with Gasteiger partial charge in [0, 0.05) is 40.5 Å². The molecule has 1 atom stereocenters. The molecule has 174 valence electrons. The van der Waals surface area contributed by atoms with Gasteiger partial charge in [-0.3, -0.25) is 0 Å². The van der Waals surface area contributed by atoms with Crippen molar-refractivity contribution < 1.29 is 23.4 Å². The van der Waals surface area contributed by atoms with Crippen molar-refractivity contribution in [2.45, 2.75) is 11.0 Å². The predicted molar refractivity (Wildman–Crippen MR) is 128 cm³/mol. The van der Waals surface area contributed by atoms with E-state index in [2.05, 4.69) is 15.0 Å². The largest absolute Gasteiger partial charge is 0.507 e. The van der Waals surface area contributed by atoms with Crippen LogP contribution < -0.4 is 14.8 Å². The molecule has 0 amide bonds. The van der Waals surface area contributed by atoms with Gasteiger partial charge in [0.15, 0.2) is 0 Å². The van der Waals surface area contributed by atoms with E-state index in [0.29, 0.717) is 29.5 Å². The molecule has 10 heteroatoms. The Labute approximate surface area is 196 Å². The number of phenols is 1. The van der Waals surface area contributed by atoms with Crippen LogP contribution in [0.15, 0.2) is 59.5 Å². The van der Waals surface area contributed by atoms with Crippen molar-refractivity contribution in [3.8, 4) is 11.5 Å². The van der Waals surface area contributed by atoms with E-state index < -0.39 is 16.1 Å². The van der Waals surface area contributed by atoms with Gasteiger partial charge in [-0.1, -0.05) is 17.7 Å². The summed E-state index contributed by atoms with van der Waals surface area (Å²) < 4.78 is 31.9. The lowest BCUT2D eigenvalue weighted by atomic mass is 10.1. The average molecular weight is 490 g/mol. The number of aromatic nitrogens is 1. The van der Waals surface area contributed by atoms with Crippen molar-refractivity contribution >= 4 is 43.4 Å². The Morgan fingerprint density at radius 3 is 2.67 bits per heavy atom. The van der Waals surface area contributed by atoms with Gasteiger partial charge in [0.1, 0.15) is 23.0 Å². The van der Waals surface area contributed by atoms with E-state index in [1.165, 1.54) is 25.2 Å². The first-order valence-electron chi connectivity index (χ1n) is 10.3. The van der Waals surface area contributed by atoms with Crippen LogP contribution in [0.1, 0.15) is 11.7 Å². The van der Waals surface area contributed by atoms with Crippen molar-refractivity contribution in [3.63, 3.8) is 0 Å². The molecule has 0 saturated heterocycles. The predicted octanol–water partition coefficient (Wildman–Crippen LogP) is 3.29. The molecule has 1 unspecified atom stereocenters. The van der Waals surface area contributed by atoms with Crippen LogP contribution in [0.25, 0.3) is 21.8 Å². The number of aromatic amines is 1. The zero-order valence-electron chi connectivity index (χ0n) is 17.8. The minimum absolute atomic E-state index is 0.189. The SMILES string of the molecule is CNS(=O)(=O)c1cc(C(O)CNCCOc2ccc3c(c2)[nH]c2ccc(Cl)cc23)ccc1O. The molecule has 1 heterocycles. The highest BCUT2D eigenvalue weighted by atomic mass is 35.5. The summed E-state index contributed by atoms with van der Waals surface area (Å²) in [6, 6.07) is 15.5. The quantitative estimate of drug-likeness (QED) is 0.230. The van der Waals surface area contributed by atoms with Crippen LogP contribution >= 0.6 is 11.6 Å². The van der Waals surface area contributed by atoms with E-state index in [9.17, 15) is 18.6 Å². The maximum absolute atomic E-state index is 12.0. The lowest BCUT2D eigenvalue weighted by molar-refractivity contribution is 0.171. The molecule has 0 aliphatic carbocycles. The second-order valence-electron chi connectivity index (χ2n) is 7.53. The van der Waals surface area contributed by atoms with Crippen LogP contribution in [0, 0.1) is 0 Å². The topological polar surface area (TPSA) is 124 Å². The van der Waals surface area contributed by atoms with Gasteiger partial charge >= 0.3 is 0 Å². The number of benzene rings is 3. The molecule has 8 nitrogen and oxygen atoms in total. The molecule has 4 aromatic rings. The molecule has 0 fully saturated rings. The van der Waals surface area contributed by atoms with Crippen LogP contribution in [-0.4, -0.2) is 50.4 Å². The number of rotatable bonds is 9.